The van der Waals surface area contributed by atoms with E-state index in [0.717, 1.165) is 61.8 Å². The SMILES string of the molecule is CCNc1ncnc(N2CCCN(CCO)CC2)c1Br. The van der Waals surface area contributed by atoms with Crippen molar-refractivity contribution in [3.8, 4) is 0 Å². The third-order valence-corrected chi connectivity index (χ3v) is 4.15. The second kappa shape index (κ2) is 7.75. The molecule has 1 fully saturated rings. The van der Waals surface area contributed by atoms with Crippen LogP contribution in [0.1, 0.15) is 13.3 Å². The first-order chi connectivity index (χ1) is 9.76. The fourth-order valence-corrected chi connectivity index (χ4v) is 3.02. The number of rotatable bonds is 5. The summed E-state index contributed by atoms with van der Waals surface area (Å²) in [4.78, 5) is 13.2. The van der Waals surface area contributed by atoms with E-state index in [-0.39, 0.29) is 6.61 Å². The standard InChI is InChI=1S/C13H22BrN5O/c1-2-15-12-11(14)13(17-10-16-12)19-5-3-4-18(6-7-19)8-9-20/h10,20H,2-9H2,1H3,(H,15,16,17). The summed E-state index contributed by atoms with van der Waals surface area (Å²) in [5.41, 5.74) is 0. The van der Waals surface area contributed by atoms with E-state index in [2.05, 4.69) is 41.0 Å². The van der Waals surface area contributed by atoms with Gasteiger partial charge >= 0.3 is 0 Å². The number of aromatic nitrogens is 2. The predicted molar refractivity (Wildman–Crippen MR) is 84.3 cm³/mol. The summed E-state index contributed by atoms with van der Waals surface area (Å²) in [6, 6.07) is 0. The van der Waals surface area contributed by atoms with Crippen LogP contribution in [0.3, 0.4) is 0 Å². The van der Waals surface area contributed by atoms with Crippen LogP contribution in [0.15, 0.2) is 10.8 Å². The van der Waals surface area contributed by atoms with Gasteiger partial charge in [-0.25, -0.2) is 9.97 Å². The van der Waals surface area contributed by atoms with Crippen LogP contribution < -0.4 is 10.2 Å². The molecule has 7 heteroatoms. The van der Waals surface area contributed by atoms with E-state index in [9.17, 15) is 0 Å². The molecule has 0 bridgehead atoms. The topological polar surface area (TPSA) is 64.5 Å². The molecule has 2 N–H and O–H groups in total. The molecule has 0 amide bonds. The Bertz CT molecular complexity index is 431. The van der Waals surface area contributed by atoms with Crippen LogP contribution in [-0.2, 0) is 0 Å². The summed E-state index contributed by atoms with van der Waals surface area (Å²) in [7, 11) is 0. The van der Waals surface area contributed by atoms with E-state index in [1.807, 2.05) is 6.92 Å². The van der Waals surface area contributed by atoms with Crippen molar-refractivity contribution in [3.05, 3.63) is 10.8 Å². The van der Waals surface area contributed by atoms with Gasteiger partial charge < -0.3 is 15.3 Å². The van der Waals surface area contributed by atoms with Crippen molar-refractivity contribution in [2.24, 2.45) is 0 Å². The fraction of sp³-hybridized carbons (Fsp3) is 0.692. The zero-order valence-corrected chi connectivity index (χ0v) is 13.4. The van der Waals surface area contributed by atoms with Crippen molar-refractivity contribution in [2.45, 2.75) is 13.3 Å². The minimum absolute atomic E-state index is 0.224. The summed E-state index contributed by atoms with van der Waals surface area (Å²) in [5, 5.41) is 12.3. The summed E-state index contributed by atoms with van der Waals surface area (Å²) >= 11 is 3.61. The lowest BCUT2D eigenvalue weighted by atomic mass is 10.3. The molecule has 1 aliphatic heterocycles. The molecule has 0 unspecified atom stereocenters. The second-order valence-corrected chi connectivity index (χ2v) is 5.59. The van der Waals surface area contributed by atoms with Crippen molar-refractivity contribution in [2.75, 3.05) is 56.1 Å². The Hall–Kier alpha value is -0.920. The third kappa shape index (κ3) is 3.80. The van der Waals surface area contributed by atoms with E-state index in [0.29, 0.717) is 0 Å². The molecule has 0 atom stereocenters. The van der Waals surface area contributed by atoms with E-state index >= 15 is 0 Å². The highest BCUT2D eigenvalue weighted by molar-refractivity contribution is 9.10. The molecule has 0 aromatic carbocycles. The highest BCUT2D eigenvalue weighted by Crippen LogP contribution is 2.29. The van der Waals surface area contributed by atoms with Gasteiger partial charge in [-0.3, -0.25) is 4.90 Å². The van der Waals surface area contributed by atoms with E-state index in [1.165, 1.54) is 0 Å². The minimum Gasteiger partial charge on any atom is -0.395 e. The van der Waals surface area contributed by atoms with E-state index in [1.54, 1.807) is 6.33 Å². The van der Waals surface area contributed by atoms with Crippen molar-refractivity contribution in [1.29, 1.82) is 0 Å². The number of hydrogen-bond donors (Lipinski definition) is 2. The molecule has 1 aromatic heterocycles. The molecule has 0 saturated carbocycles. The number of aliphatic hydroxyl groups excluding tert-OH is 1. The van der Waals surface area contributed by atoms with Crippen molar-refractivity contribution in [3.63, 3.8) is 0 Å². The number of halogens is 1. The quantitative estimate of drug-likeness (QED) is 0.836. The van der Waals surface area contributed by atoms with Crippen LogP contribution in [-0.4, -0.2) is 65.8 Å². The van der Waals surface area contributed by atoms with Crippen LogP contribution in [0.5, 0.6) is 0 Å². The number of anilines is 2. The molecule has 1 aliphatic rings. The highest BCUT2D eigenvalue weighted by Gasteiger charge is 2.19. The number of nitrogens with zero attached hydrogens (tertiary/aromatic N) is 4. The second-order valence-electron chi connectivity index (χ2n) is 4.80. The number of nitrogens with one attached hydrogen (secondary N) is 1. The fourth-order valence-electron chi connectivity index (χ4n) is 2.42. The summed E-state index contributed by atoms with van der Waals surface area (Å²) < 4.78 is 0.928. The first kappa shape index (κ1) is 15.5. The van der Waals surface area contributed by atoms with Gasteiger partial charge in [-0.05, 0) is 35.8 Å². The molecule has 2 heterocycles. The molecule has 0 aliphatic carbocycles. The molecule has 0 spiro atoms. The molecular formula is C13H22BrN5O. The van der Waals surface area contributed by atoms with Crippen LogP contribution in [0.2, 0.25) is 0 Å². The monoisotopic (exact) mass is 343 g/mol. The molecule has 2 rings (SSSR count). The summed E-state index contributed by atoms with van der Waals surface area (Å²) in [5.74, 6) is 1.79. The normalized spacial score (nSPS) is 17.1. The van der Waals surface area contributed by atoms with Crippen molar-refractivity contribution < 1.29 is 5.11 Å². The largest absolute Gasteiger partial charge is 0.395 e. The predicted octanol–water partition coefficient (Wildman–Crippen LogP) is 1.18. The molecular weight excluding hydrogens is 322 g/mol. The van der Waals surface area contributed by atoms with Gasteiger partial charge in [0.05, 0.1) is 6.61 Å². The average Bonchev–Trinajstić information content (AvgIpc) is 2.68. The highest BCUT2D eigenvalue weighted by atomic mass is 79.9. The van der Waals surface area contributed by atoms with Crippen molar-refractivity contribution in [1.82, 2.24) is 14.9 Å². The molecule has 20 heavy (non-hydrogen) atoms. The molecule has 6 nitrogen and oxygen atoms in total. The first-order valence-electron chi connectivity index (χ1n) is 7.08. The smallest absolute Gasteiger partial charge is 0.148 e. The summed E-state index contributed by atoms with van der Waals surface area (Å²) in [6.07, 6.45) is 2.68. The Kier molecular flexibility index (Phi) is 6.00. The Labute approximate surface area is 128 Å². The maximum Gasteiger partial charge on any atom is 0.148 e. The van der Waals surface area contributed by atoms with Crippen LogP contribution in [0.4, 0.5) is 11.6 Å². The van der Waals surface area contributed by atoms with Crippen LogP contribution >= 0.6 is 15.9 Å². The molecule has 1 aromatic rings. The Morgan fingerprint density at radius 1 is 1.30 bits per heavy atom. The van der Waals surface area contributed by atoms with Crippen LogP contribution in [0, 0.1) is 0 Å². The Morgan fingerprint density at radius 2 is 2.15 bits per heavy atom. The van der Waals surface area contributed by atoms with Gasteiger partial charge in [0.25, 0.3) is 0 Å². The maximum absolute atomic E-state index is 9.04. The van der Waals surface area contributed by atoms with Gasteiger partial charge in [-0.2, -0.15) is 0 Å². The lowest BCUT2D eigenvalue weighted by molar-refractivity contribution is 0.204. The Morgan fingerprint density at radius 3 is 2.90 bits per heavy atom. The third-order valence-electron chi connectivity index (χ3n) is 3.42. The van der Waals surface area contributed by atoms with Gasteiger partial charge in [0, 0.05) is 32.7 Å². The van der Waals surface area contributed by atoms with Gasteiger partial charge in [-0.15, -0.1) is 0 Å². The summed E-state index contributed by atoms with van der Waals surface area (Å²) in [6.45, 7) is 7.73. The number of aliphatic hydroxyl groups is 1. The lowest BCUT2D eigenvalue weighted by Crippen LogP contribution is -2.33. The van der Waals surface area contributed by atoms with Gasteiger partial charge in [0.2, 0.25) is 0 Å². The average molecular weight is 344 g/mol. The number of β-amino-alcohol motifs (C(OH)–C–C–N with tert-alkyl or cyclic N) is 1. The zero-order valence-electron chi connectivity index (χ0n) is 11.8. The van der Waals surface area contributed by atoms with Crippen LogP contribution in [0.25, 0.3) is 0 Å². The zero-order chi connectivity index (χ0) is 14.4. The van der Waals surface area contributed by atoms with Gasteiger partial charge in [-0.1, -0.05) is 0 Å². The Balaban J connectivity index is 2.09. The van der Waals surface area contributed by atoms with Gasteiger partial charge in [0.15, 0.2) is 0 Å². The lowest BCUT2D eigenvalue weighted by Gasteiger charge is -2.24. The van der Waals surface area contributed by atoms with E-state index < -0.39 is 0 Å². The molecule has 112 valence electrons. The van der Waals surface area contributed by atoms with Gasteiger partial charge in [0.1, 0.15) is 22.4 Å². The minimum atomic E-state index is 0.224. The maximum atomic E-state index is 9.04. The van der Waals surface area contributed by atoms with E-state index in [4.69, 9.17) is 5.11 Å². The first-order valence-corrected chi connectivity index (χ1v) is 7.88. The number of hydrogen-bond acceptors (Lipinski definition) is 6. The molecule has 0 radical (unpaired) electrons. The van der Waals surface area contributed by atoms with Crippen molar-refractivity contribution >= 4 is 27.6 Å². The molecule has 1 saturated heterocycles.